The van der Waals surface area contributed by atoms with Crippen LogP contribution in [0.3, 0.4) is 0 Å². The number of carbonyl (C=O) groups excluding carboxylic acids is 2. The van der Waals surface area contributed by atoms with E-state index in [4.69, 9.17) is 9.47 Å². The van der Waals surface area contributed by atoms with E-state index in [1.54, 1.807) is 6.92 Å². The van der Waals surface area contributed by atoms with Gasteiger partial charge in [-0.25, -0.2) is 0 Å². The minimum atomic E-state index is -0.162. The van der Waals surface area contributed by atoms with E-state index in [9.17, 15) is 9.59 Å². The van der Waals surface area contributed by atoms with Gasteiger partial charge in [-0.1, -0.05) is 13.0 Å². The molecule has 1 saturated heterocycles. The van der Waals surface area contributed by atoms with Crippen LogP contribution in [0.15, 0.2) is 42.5 Å². The molecule has 2 amide bonds. The Balaban J connectivity index is 1.47. The molecule has 0 aliphatic carbocycles. The average molecular weight is 412 g/mol. The first-order chi connectivity index (χ1) is 14.5. The highest BCUT2D eigenvalue weighted by Crippen LogP contribution is 2.23. The van der Waals surface area contributed by atoms with Crippen molar-refractivity contribution in [3.63, 3.8) is 0 Å². The van der Waals surface area contributed by atoms with Crippen LogP contribution in [0.25, 0.3) is 0 Å². The van der Waals surface area contributed by atoms with Crippen molar-refractivity contribution in [1.82, 2.24) is 0 Å². The topological polar surface area (TPSA) is 88.7 Å². The Morgan fingerprint density at radius 2 is 1.83 bits per heavy atom. The van der Waals surface area contributed by atoms with Gasteiger partial charge in [-0.05, 0) is 61.7 Å². The normalized spacial score (nSPS) is 15.5. The summed E-state index contributed by atoms with van der Waals surface area (Å²) < 4.78 is 11.3. The van der Waals surface area contributed by atoms with Crippen LogP contribution in [0.4, 0.5) is 17.1 Å². The molecule has 1 heterocycles. The molecule has 3 rings (SSSR count). The van der Waals surface area contributed by atoms with Crippen molar-refractivity contribution in [2.24, 2.45) is 0 Å². The molecular weight excluding hydrogens is 382 g/mol. The number of rotatable bonds is 9. The molecule has 1 aliphatic rings. The molecule has 7 heteroatoms. The second-order valence-corrected chi connectivity index (χ2v) is 7.25. The van der Waals surface area contributed by atoms with Gasteiger partial charge in [0.1, 0.15) is 12.4 Å². The van der Waals surface area contributed by atoms with Crippen molar-refractivity contribution in [2.75, 3.05) is 35.7 Å². The summed E-state index contributed by atoms with van der Waals surface area (Å²) in [7, 11) is 0. The number of ether oxygens (including phenoxy) is 2. The Morgan fingerprint density at radius 1 is 1.07 bits per heavy atom. The lowest BCUT2D eigenvalue weighted by atomic mass is 10.1. The van der Waals surface area contributed by atoms with E-state index >= 15 is 0 Å². The maximum atomic E-state index is 12.3. The Bertz CT molecular complexity index is 861. The van der Waals surface area contributed by atoms with Gasteiger partial charge in [0.05, 0.1) is 12.6 Å². The fourth-order valence-corrected chi connectivity index (χ4v) is 3.18. The predicted molar refractivity (Wildman–Crippen MR) is 118 cm³/mol. The Morgan fingerprint density at radius 3 is 2.53 bits per heavy atom. The fraction of sp³-hybridized carbons (Fsp3) is 0.391. The summed E-state index contributed by atoms with van der Waals surface area (Å²) >= 11 is 0. The van der Waals surface area contributed by atoms with Gasteiger partial charge < -0.3 is 25.4 Å². The van der Waals surface area contributed by atoms with E-state index in [-0.39, 0.29) is 24.5 Å². The average Bonchev–Trinajstić information content (AvgIpc) is 3.27. The highest BCUT2D eigenvalue weighted by molar-refractivity contribution is 5.95. The minimum absolute atomic E-state index is 0.0452. The maximum absolute atomic E-state index is 12.3. The van der Waals surface area contributed by atoms with Crippen molar-refractivity contribution < 1.29 is 19.1 Å². The van der Waals surface area contributed by atoms with Crippen LogP contribution in [0, 0.1) is 6.92 Å². The summed E-state index contributed by atoms with van der Waals surface area (Å²) in [4.78, 5) is 23.9. The van der Waals surface area contributed by atoms with Crippen molar-refractivity contribution in [1.29, 1.82) is 0 Å². The van der Waals surface area contributed by atoms with Gasteiger partial charge in [0.2, 0.25) is 11.8 Å². The van der Waals surface area contributed by atoms with Crippen molar-refractivity contribution in [3.05, 3.63) is 48.0 Å². The Hall–Kier alpha value is -3.06. The quantitative estimate of drug-likeness (QED) is 0.581. The van der Waals surface area contributed by atoms with E-state index in [1.165, 1.54) is 0 Å². The van der Waals surface area contributed by atoms with Crippen LogP contribution in [-0.2, 0) is 14.3 Å². The van der Waals surface area contributed by atoms with E-state index < -0.39 is 0 Å². The molecule has 0 spiro atoms. The molecule has 1 fully saturated rings. The molecule has 1 aliphatic heterocycles. The number of hydrogen-bond donors (Lipinski definition) is 3. The van der Waals surface area contributed by atoms with Crippen LogP contribution >= 0.6 is 0 Å². The van der Waals surface area contributed by atoms with Gasteiger partial charge in [0.25, 0.3) is 0 Å². The number of amides is 2. The standard InChI is InChI=1S/C23H29N3O4/c1-3-22(27)26-21-8-4-7-20(16(21)2)24-14-23(28)25-17-9-11-18(12-10-17)30-15-19-6-5-13-29-19/h4,7-12,19,24H,3,5-6,13-15H2,1-2H3,(H,25,28)(H,26,27). The van der Waals surface area contributed by atoms with Crippen molar-refractivity contribution in [2.45, 2.75) is 39.2 Å². The molecule has 1 atom stereocenters. The van der Waals surface area contributed by atoms with Gasteiger partial charge in [-0.3, -0.25) is 9.59 Å². The van der Waals surface area contributed by atoms with Gasteiger partial charge >= 0.3 is 0 Å². The first-order valence-electron chi connectivity index (χ1n) is 10.3. The molecule has 0 saturated carbocycles. The summed E-state index contributed by atoms with van der Waals surface area (Å²) in [5.74, 6) is 0.546. The Kier molecular flexibility index (Phi) is 7.68. The summed E-state index contributed by atoms with van der Waals surface area (Å²) in [6.07, 6.45) is 2.71. The van der Waals surface area contributed by atoms with Gasteiger partial charge in [-0.15, -0.1) is 0 Å². The van der Waals surface area contributed by atoms with Crippen LogP contribution in [0.2, 0.25) is 0 Å². The highest BCUT2D eigenvalue weighted by Gasteiger charge is 2.16. The summed E-state index contributed by atoms with van der Waals surface area (Å²) in [6.45, 7) is 5.18. The zero-order valence-corrected chi connectivity index (χ0v) is 17.5. The third-order valence-corrected chi connectivity index (χ3v) is 4.97. The van der Waals surface area contributed by atoms with Crippen molar-refractivity contribution in [3.8, 4) is 5.75 Å². The van der Waals surface area contributed by atoms with E-state index in [0.29, 0.717) is 18.7 Å². The number of hydrogen-bond acceptors (Lipinski definition) is 5. The molecular formula is C23H29N3O4. The first-order valence-corrected chi connectivity index (χ1v) is 10.3. The number of benzene rings is 2. The zero-order valence-electron chi connectivity index (χ0n) is 17.5. The molecule has 2 aromatic rings. The summed E-state index contributed by atoms with van der Waals surface area (Å²) in [5.41, 5.74) is 3.13. The molecule has 3 N–H and O–H groups in total. The van der Waals surface area contributed by atoms with E-state index in [0.717, 1.165) is 42.1 Å². The molecule has 2 aromatic carbocycles. The van der Waals surface area contributed by atoms with E-state index in [2.05, 4.69) is 16.0 Å². The Labute approximate surface area is 177 Å². The molecule has 1 unspecified atom stereocenters. The fourth-order valence-electron chi connectivity index (χ4n) is 3.18. The van der Waals surface area contributed by atoms with Gasteiger partial charge in [-0.2, -0.15) is 0 Å². The second kappa shape index (κ2) is 10.6. The summed E-state index contributed by atoms with van der Waals surface area (Å²) in [5, 5.41) is 8.85. The molecule has 160 valence electrons. The zero-order chi connectivity index (χ0) is 21.3. The lowest BCUT2D eigenvalue weighted by Crippen LogP contribution is -2.22. The predicted octanol–water partition coefficient (Wildman–Crippen LogP) is 3.95. The van der Waals surface area contributed by atoms with Crippen LogP contribution in [0.1, 0.15) is 31.7 Å². The minimum Gasteiger partial charge on any atom is -0.491 e. The van der Waals surface area contributed by atoms with Gasteiger partial charge in [0, 0.05) is 30.1 Å². The number of carbonyl (C=O) groups is 2. The number of nitrogens with one attached hydrogen (secondary N) is 3. The third-order valence-electron chi connectivity index (χ3n) is 4.97. The third kappa shape index (κ3) is 6.22. The van der Waals surface area contributed by atoms with Crippen LogP contribution in [0.5, 0.6) is 5.75 Å². The number of anilines is 3. The molecule has 30 heavy (non-hydrogen) atoms. The van der Waals surface area contributed by atoms with Crippen LogP contribution < -0.4 is 20.7 Å². The van der Waals surface area contributed by atoms with Crippen molar-refractivity contribution >= 4 is 28.9 Å². The highest BCUT2D eigenvalue weighted by atomic mass is 16.5. The monoisotopic (exact) mass is 411 g/mol. The van der Waals surface area contributed by atoms with Crippen LogP contribution in [-0.4, -0.2) is 37.7 Å². The smallest absolute Gasteiger partial charge is 0.243 e. The molecule has 0 bridgehead atoms. The maximum Gasteiger partial charge on any atom is 0.243 e. The molecule has 0 radical (unpaired) electrons. The first kappa shape index (κ1) is 21.6. The molecule has 7 nitrogen and oxygen atoms in total. The van der Waals surface area contributed by atoms with E-state index in [1.807, 2.05) is 49.4 Å². The van der Waals surface area contributed by atoms with Gasteiger partial charge in [0.15, 0.2) is 0 Å². The SMILES string of the molecule is CCC(=O)Nc1cccc(NCC(=O)Nc2ccc(OCC3CCCO3)cc2)c1C. The second-order valence-electron chi connectivity index (χ2n) is 7.25. The molecule has 0 aromatic heterocycles. The lowest BCUT2D eigenvalue weighted by molar-refractivity contribution is -0.116. The largest absolute Gasteiger partial charge is 0.491 e. The lowest BCUT2D eigenvalue weighted by Gasteiger charge is -2.14. The summed E-state index contributed by atoms with van der Waals surface area (Å²) in [6, 6.07) is 12.9.